The predicted octanol–water partition coefficient (Wildman–Crippen LogP) is 2.83. The van der Waals surface area contributed by atoms with Gasteiger partial charge in [-0.1, -0.05) is 19.3 Å². The van der Waals surface area contributed by atoms with Gasteiger partial charge in [-0.2, -0.15) is 13.2 Å². The molecular weight excluding hydrogens is 498 g/mol. The quantitative estimate of drug-likeness (QED) is 0.314. The molecule has 1 aliphatic carbocycles. The maximum Gasteiger partial charge on any atom is 0.406 e. The van der Waals surface area contributed by atoms with E-state index in [1.54, 1.807) is 7.05 Å². The number of carbonyl (C=O) groups is 1. The molecule has 0 aromatic carbocycles. The maximum atomic E-state index is 12.4. The first-order valence-corrected chi connectivity index (χ1v) is 10.3. The molecule has 6 nitrogen and oxygen atoms in total. The fourth-order valence-electron chi connectivity index (χ4n) is 4.03. The number of nitrogens with one attached hydrogen (secondary N) is 2. The Morgan fingerprint density at radius 3 is 2.31 bits per heavy atom. The molecule has 0 spiro atoms. The van der Waals surface area contributed by atoms with Crippen LogP contribution in [0.25, 0.3) is 0 Å². The summed E-state index contributed by atoms with van der Waals surface area (Å²) < 4.78 is 37.1. The molecule has 2 aliphatic rings. The number of rotatable bonds is 6. The zero-order chi connectivity index (χ0) is 20.6. The molecule has 0 unspecified atom stereocenters. The summed E-state index contributed by atoms with van der Waals surface area (Å²) in [6.45, 7) is 1.81. The fraction of sp³-hybridized carbons (Fsp3) is 0.895. The minimum atomic E-state index is -4.39. The average molecular weight is 533 g/mol. The Labute approximate surface area is 189 Å². The molecule has 2 N–H and O–H groups in total. The summed E-state index contributed by atoms with van der Waals surface area (Å²) >= 11 is 0. The van der Waals surface area contributed by atoms with Gasteiger partial charge in [0.15, 0.2) is 5.96 Å². The van der Waals surface area contributed by atoms with Crippen LogP contribution in [0.15, 0.2) is 4.99 Å². The zero-order valence-electron chi connectivity index (χ0n) is 17.4. The van der Waals surface area contributed by atoms with E-state index in [0.717, 1.165) is 38.9 Å². The minimum absolute atomic E-state index is 0. The Morgan fingerprint density at radius 2 is 1.76 bits per heavy atom. The molecule has 1 heterocycles. The van der Waals surface area contributed by atoms with Crippen LogP contribution in [0, 0.1) is 5.92 Å². The Bertz CT molecular complexity index is 518. The van der Waals surface area contributed by atoms with Crippen LogP contribution in [0.2, 0.25) is 0 Å². The van der Waals surface area contributed by atoms with E-state index in [-0.39, 0.29) is 36.6 Å². The minimum Gasteiger partial charge on any atom is -0.354 e. The molecule has 2 fully saturated rings. The highest BCUT2D eigenvalue weighted by atomic mass is 127. The number of nitrogens with zero attached hydrogens (tertiary/aromatic N) is 3. The summed E-state index contributed by atoms with van der Waals surface area (Å²) in [5, 5.41) is 6.12. The van der Waals surface area contributed by atoms with Gasteiger partial charge >= 0.3 is 6.18 Å². The summed E-state index contributed by atoms with van der Waals surface area (Å²) in [5.41, 5.74) is 0. The summed E-state index contributed by atoms with van der Waals surface area (Å²) in [6.07, 6.45) is 4.41. The third kappa shape index (κ3) is 10.2. The van der Waals surface area contributed by atoms with Crippen LogP contribution >= 0.6 is 24.0 Å². The SMILES string of the molecule is CN=C(NCC(=O)N(C)CC(F)(F)F)NC1CCN(CC2CCCCC2)CC1.I. The van der Waals surface area contributed by atoms with Gasteiger partial charge in [0.1, 0.15) is 6.54 Å². The van der Waals surface area contributed by atoms with Crippen molar-refractivity contribution in [1.82, 2.24) is 20.4 Å². The number of aliphatic imine (C=N–C) groups is 1. The number of piperidine rings is 1. The van der Waals surface area contributed by atoms with Crippen molar-refractivity contribution in [3.63, 3.8) is 0 Å². The summed E-state index contributed by atoms with van der Waals surface area (Å²) in [5.74, 6) is 0.675. The topological polar surface area (TPSA) is 60.0 Å². The Morgan fingerprint density at radius 1 is 1.14 bits per heavy atom. The van der Waals surface area contributed by atoms with E-state index < -0.39 is 18.6 Å². The molecule has 0 bridgehead atoms. The second-order valence-corrected chi connectivity index (χ2v) is 8.01. The molecule has 1 saturated carbocycles. The summed E-state index contributed by atoms with van der Waals surface area (Å²) in [6, 6.07) is 0.261. The predicted molar refractivity (Wildman–Crippen MR) is 120 cm³/mol. The average Bonchev–Trinajstić information content (AvgIpc) is 2.65. The summed E-state index contributed by atoms with van der Waals surface area (Å²) in [4.78, 5) is 19.1. The molecule has 1 saturated heterocycles. The van der Waals surface area contributed by atoms with Crippen LogP contribution in [0.4, 0.5) is 13.2 Å². The monoisotopic (exact) mass is 533 g/mol. The largest absolute Gasteiger partial charge is 0.406 e. The molecule has 1 aliphatic heterocycles. The number of likely N-dealkylation sites (tertiary alicyclic amines) is 1. The summed E-state index contributed by atoms with van der Waals surface area (Å²) in [7, 11) is 2.74. The lowest BCUT2D eigenvalue weighted by Crippen LogP contribution is -2.51. The number of amides is 1. The number of carbonyl (C=O) groups excluding carboxylic acids is 1. The first-order chi connectivity index (χ1) is 13.3. The van der Waals surface area contributed by atoms with E-state index in [1.165, 1.54) is 38.6 Å². The van der Waals surface area contributed by atoms with Crippen molar-refractivity contribution in [3.05, 3.63) is 0 Å². The van der Waals surface area contributed by atoms with Crippen molar-refractivity contribution in [2.24, 2.45) is 10.9 Å². The van der Waals surface area contributed by atoms with Crippen molar-refractivity contribution in [1.29, 1.82) is 0 Å². The fourth-order valence-corrected chi connectivity index (χ4v) is 4.03. The van der Waals surface area contributed by atoms with Crippen LogP contribution in [0.5, 0.6) is 0 Å². The molecule has 2 rings (SSSR count). The lowest BCUT2D eigenvalue weighted by Gasteiger charge is -2.36. The molecular formula is C19H35F3IN5O. The molecule has 0 atom stereocenters. The van der Waals surface area contributed by atoms with Gasteiger partial charge in [0.2, 0.25) is 5.91 Å². The van der Waals surface area contributed by atoms with E-state index in [0.29, 0.717) is 10.9 Å². The van der Waals surface area contributed by atoms with E-state index in [2.05, 4.69) is 20.5 Å². The van der Waals surface area contributed by atoms with Crippen LogP contribution in [-0.2, 0) is 4.79 Å². The molecule has 1 amide bonds. The molecule has 29 heavy (non-hydrogen) atoms. The number of halogens is 4. The first kappa shape index (κ1) is 26.3. The number of hydrogen-bond acceptors (Lipinski definition) is 3. The van der Waals surface area contributed by atoms with Crippen molar-refractivity contribution in [3.8, 4) is 0 Å². The Balaban J connectivity index is 0.00000420. The molecule has 0 aromatic rings. The smallest absolute Gasteiger partial charge is 0.354 e. The second kappa shape index (κ2) is 12.8. The molecule has 0 aromatic heterocycles. The van der Waals surface area contributed by atoms with Gasteiger partial charge in [-0.3, -0.25) is 9.79 Å². The standard InChI is InChI=1S/C19H34F3N5O.HI/c1-23-18(24-12-17(28)26(2)14-19(20,21)22)25-16-8-10-27(11-9-16)13-15-6-4-3-5-7-15;/h15-16H,3-14H2,1-2H3,(H2,23,24,25);1H. The van der Waals surface area contributed by atoms with Crippen molar-refractivity contribution in [2.75, 3.05) is 46.8 Å². The number of guanidine groups is 1. The van der Waals surface area contributed by atoms with Gasteiger partial charge in [0, 0.05) is 39.8 Å². The highest BCUT2D eigenvalue weighted by molar-refractivity contribution is 14.0. The zero-order valence-corrected chi connectivity index (χ0v) is 19.8. The van der Waals surface area contributed by atoms with Crippen LogP contribution in [0.3, 0.4) is 0 Å². The van der Waals surface area contributed by atoms with Crippen molar-refractivity contribution in [2.45, 2.75) is 57.2 Å². The third-order valence-electron chi connectivity index (χ3n) is 5.64. The van der Waals surface area contributed by atoms with Gasteiger partial charge in [0.05, 0.1) is 6.54 Å². The van der Waals surface area contributed by atoms with Gasteiger partial charge < -0.3 is 20.4 Å². The highest BCUT2D eigenvalue weighted by Gasteiger charge is 2.31. The van der Waals surface area contributed by atoms with Crippen LogP contribution in [-0.4, -0.2) is 80.7 Å². The first-order valence-electron chi connectivity index (χ1n) is 10.3. The van der Waals surface area contributed by atoms with Crippen molar-refractivity contribution < 1.29 is 18.0 Å². The lowest BCUT2D eigenvalue weighted by atomic mass is 9.88. The Hall–Kier alpha value is -0.780. The lowest BCUT2D eigenvalue weighted by molar-refractivity contribution is -0.157. The number of likely N-dealkylation sites (N-methyl/N-ethyl adjacent to an activating group) is 1. The second-order valence-electron chi connectivity index (χ2n) is 8.01. The molecule has 0 radical (unpaired) electrons. The van der Waals surface area contributed by atoms with E-state index in [4.69, 9.17) is 0 Å². The van der Waals surface area contributed by atoms with Crippen molar-refractivity contribution >= 4 is 35.8 Å². The third-order valence-corrected chi connectivity index (χ3v) is 5.64. The van der Waals surface area contributed by atoms with E-state index >= 15 is 0 Å². The van der Waals surface area contributed by atoms with Gasteiger partial charge in [0.25, 0.3) is 0 Å². The van der Waals surface area contributed by atoms with E-state index in [1.807, 2.05) is 0 Å². The number of hydrogen-bond donors (Lipinski definition) is 2. The molecule has 170 valence electrons. The van der Waals surface area contributed by atoms with Gasteiger partial charge in [-0.25, -0.2) is 0 Å². The Kier molecular flexibility index (Phi) is 11.6. The van der Waals surface area contributed by atoms with Crippen LogP contribution in [0.1, 0.15) is 44.9 Å². The highest BCUT2D eigenvalue weighted by Crippen LogP contribution is 2.25. The maximum absolute atomic E-state index is 12.4. The van der Waals surface area contributed by atoms with E-state index in [9.17, 15) is 18.0 Å². The van der Waals surface area contributed by atoms with Gasteiger partial charge in [-0.05, 0) is 31.6 Å². The van der Waals surface area contributed by atoms with Gasteiger partial charge in [-0.15, -0.1) is 24.0 Å². The number of alkyl halides is 3. The van der Waals surface area contributed by atoms with Crippen LogP contribution < -0.4 is 10.6 Å². The molecule has 10 heteroatoms. The normalized spacial score (nSPS) is 20.1.